The van der Waals surface area contributed by atoms with E-state index in [1.807, 2.05) is 0 Å². The maximum atomic E-state index is 13.2. The average molecular weight is 259 g/mol. The second kappa shape index (κ2) is 3.06. The minimum Gasteiger partial charge on any atom is -0.464 e. The molecular formula is C8H4BrFN2O2. The molecule has 1 N–H and O–H groups in total. The van der Waals surface area contributed by atoms with Gasteiger partial charge in [0.15, 0.2) is 11.5 Å². The lowest BCUT2D eigenvalue weighted by Gasteiger charge is -1.95. The fraction of sp³-hybridized carbons (Fsp3) is 0. The molecule has 0 saturated heterocycles. The van der Waals surface area contributed by atoms with E-state index in [0.717, 1.165) is 10.8 Å². The summed E-state index contributed by atoms with van der Waals surface area (Å²) >= 11 is 3.13. The quantitative estimate of drug-likeness (QED) is 0.790. The zero-order valence-corrected chi connectivity index (χ0v) is 8.32. The maximum absolute atomic E-state index is 13.2. The Bertz CT molecular complexity index is 523. The van der Waals surface area contributed by atoms with Crippen molar-refractivity contribution in [3.8, 4) is 0 Å². The third-order valence-corrected chi connectivity index (χ3v) is 2.20. The van der Waals surface area contributed by atoms with Crippen LogP contribution in [0.15, 0.2) is 22.9 Å². The predicted octanol–water partition coefficient (Wildman–Crippen LogP) is 2.46. The Kier molecular flexibility index (Phi) is 1.99. The van der Waals surface area contributed by atoms with Gasteiger partial charge in [-0.15, -0.1) is 0 Å². The molecule has 72 valence electrons. The molecule has 0 atom stereocenters. The van der Waals surface area contributed by atoms with Crippen molar-refractivity contribution in [3.05, 3.63) is 28.7 Å². The van der Waals surface area contributed by atoms with Gasteiger partial charge in [-0.05, 0) is 22.0 Å². The lowest BCUT2D eigenvalue weighted by molar-refractivity contribution is 0.197. The lowest BCUT2D eigenvalue weighted by Crippen LogP contribution is -2.06. The standard InChI is InChI=1S/C8H4BrFN2O2/c9-4-1-5-6(10)3-12(8(13)14)7(5)11-2-4/h1-3H,(H,13,14). The third-order valence-electron chi connectivity index (χ3n) is 1.77. The summed E-state index contributed by atoms with van der Waals surface area (Å²) in [6, 6.07) is 1.48. The Morgan fingerprint density at radius 1 is 1.64 bits per heavy atom. The molecule has 2 rings (SSSR count). The summed E-state index contributed by atoms with van der Waals surface area (Å²) in [4.78, 5) is 14.5. The number of carboxylic acid groups (broad SMARTS) is 1. The van der Waals surface area contributed by atoms with E-state index >= 15 is 0 Å². The molecule has 0 amide bonds. The van der Waals surface area contributed by atoms with E-state index in [2.05, 4.69) is 20.9 Å². The summed E-state index contributed by atoms with van der Waals surface area (Å²) in [5.41, 5.74) is 0.0956. The van der Waals surface area contributed by atoms with Crippen LogP contribution in [-0.2, 0) is 0 Å². The highest BCUT2D eigenvalue weighted by Gasteiger charge is 2.13. The maximum Gasteiger partial charge on any atom is 0.417 e. The Labute approximate surface area is 86.1 Å². The van der Waals surface area contributed by atoms with Crippen molar-refractivity contribution < 1.29 is 14.3 Å². The zero-order chi connectivity index (χ0) is 10.3. The first kappa shape index (κ1) is 9.14. The molecular weight excluding hydrogens is 255 g/mol. The van der Waals surface area contributed by atoms with Crippen LogP contribution in [0.25, 0.3) is 11.0 Å². The van der Waals surface area contributed by atoms with Gasteiger partial charge >= 0.3 is 6.09 Å². The molecule has 0 spiro atoms. The molecule has 0 aliphatic heterocycles. The highest BCUT2D eigenvalue weighted by Crippen LogP contribution is 2.21. The Morgan fingerprint density at radius 2 is 2.36 bits per heavy atom. The summed E-state index contributed by atoms with van der Waals surface area (Å²) in [5.74, 6) is -0.601. The van der Waals surface area contributed by atoms with E-state index in [-0.39, 0.29) is 11.0 Å². The van der Waals surface area contributed by atoms with Gasteiger partial charge in [0.05, 0.1) is 11.6 Å². The number of fused-ring (bicyclic) bond motifs is 1. The van der Waals surface area contributed by atoms with Crippen molar-refractivity contribution in [2.45, 2.75) is 0 Å². The van der Waals surface area contributed by atoms with Crippen LogP contribution >= 0.6 is 15.9 Å². The third kappa shape index (κ3) is 1.27. The van der Waals surface area contributed by atoms with E-state index < -0.39 is 11.9 Å². The van der Waals surface area contributed by atoms with Crippen LogP contribution in [0.2, 0.25) is 0 Å². The minimum absolute atomic E-state index is 0.0956. The molecule has 0 bridgehead atoms. The van der Waals surface area contributed by atoms with Crippen molar-refractivity contribution >= 4 is 33.1 Å². The highest BCUT2D eigenvalue weighted by atomic mass is 79.9. The van der Waals surface area contributed by atoms with Crippen molar-refractivity contribution in [1.82, 2.24) is 9.55 Å². The summed E-state index contributed by atoms with van der Waals surface area (Å²) in [6.07, 6.45) is 1.06. The molecule has 2 aromatic heterocycles. The second-order valence-corrected chi connectivity index (χ2v) is 3.57. The number of carbonyl (C=O) groups is 1. The minimum atomic E-state index is -1.26. The molecule has 0 saturated carbocycles. The number of rotatable bonds is 0. The Balaban J connectivity index is 2.84. The van der Waals surface area contributed by atoms with Gasteiger partial charge in [-0.2, -0.15) is 0 Å². The first-order chi connectivity index (χ1) is 6.59. The Morgan fingerprint density at radius 3 is 3.00 bits per heavy atom. The van der Waals surface area contributed by atoms with Gasteiger partial charge in [0.25, 0.3) is 0 Å². The van der Waals surface area contributed by atoms with Gasteiger partial charge in [0, 0.05) is 10.7 Å². The molecule has 0 aromatic carbocycles. The molecule has 0 fully saturated rings. The SMILES string of the molecule is O=C(O)n1cc(F)c2cc(Br)cnc21. The molecule has 2 aromatic rings. The molecule has 0 aliphatic rings. The zero-order valence-electron chi connectivity index (χ0n) is 6.74. The van der Waals surface area contributed by atoms with Crippen molar-refractivity contribution in [3.63, 3.8) is 0 Å². The highest BCUT2D eigenvalue weighted by molar-refractivity contribution is 9.10. The van der Waals surface area contributed by atoms with Gasteiger partial charge < -0.3 is 5.11 Å². The largest absolute Gasteiger partial charge is 0.464 e. The van der Waals surface area contributed by atoms with E-state index in [1.54, 1.807) is 0 Å². The van der Waals surface area contributed by atoms with Crippen LogP contribution < -0.4 is 0 Å². The fourth-order valence-corrected chi connectivity index (χ4v) is 1.52. The summed E-state index contributed by atoms with van der Waals surface area (Å²) in [5, 5.41) is 8.89. The van der Waals surface area contributed by atoms with Crippen LogP contribution in [0.3, 0.4) is 0 Å². The number of aromatic nitrogens is 2. The monoisotopic (exact) mass is 258 g/mol. The van der Waals surface area contributed by atoms with E-state index in [0.29, 0.717) is 4.47 Å². The molecule has 14 heavy (non-hydrogen) atoms. The molecule has 4 nitrogen and oxygen atoms in total. The van der Waals surface area contributed by atoms with Crippen LogP contribution in [0.5, 0.6) is 0 Å². The fourth-order valence-electron chi connectivity index (χ4n) is 1.19. The van der Waals surface area contributed by atoms with Crippen LogP contribution in [-0.4, -0.2) is 20.8 Å². The average Bonchev–Trinajstić information content (AvgIpc) is 2.44. The van der Waals surface area contributed by atoms with Crippen LogP contribution in [0, 0.1) is 5.82 Å². The number of nitrogens with zero attached hydrogens (tertiary/aromatic N) is 2. The first-order valence-electron chi connectivity index (χ1n) is 3.65. The van der Waals surface area contributed by atoms with Gasteiger partial charge in [-0.25, -0.2) is 18.7 Å². The second-order valence-electron chi connectivity index (χ2n) is 2.65. The molecule has 0 aliphatic carbocycles. The van der Waals surface area contributed by atoms with Crippen LogP contribution in [0.4, 0.5) is 9.18 Å². The molecule has 0 radical (unpaired) electrons. The topological polar surface area (TPSA) is 55.1 Å². The van der Waals surface area contributed by atoms with Crippen molar-refractivity contribution in [2.75, 3.05) is 0 Å². The molecule has 6 heteroatoms. The molecule has 2 heterocycles. The first-order valence-corrected chi connectivity index (χ1v) is 4.44. The smallest absolute Gasteiger partial charge is 0.417 e. The van der Waals surface area contributed by atoms with Gasteiger partial charge in [0.2, 0.25) is 0 Å². The Hall–Kier alpha value is -1.43. The number of hydrogen-bond donors (Lipinski definition) is 1. The van der Waals surface area contributed by atoms with Crippen LogP contribution in [0.1, 0.15) is 0 Å². The van der Waals surface area contributed by atoms with Gasteiger partial charge in [0.1, 0.15) is 0 Å². The van der Waals surface area contributed by atoms with Crippen molar-refractivity contribution in [2.24, 2.45) is 0 Å². The summed E-state index contributed by atoms with van der Waals surface area (Å²) in [6.45, 7) is 0. The number of hydrogen-bond acceptors (Lipinski definition) is 2. The van der Waals surface area contributed by atoms with Gasteiger partial charge in [-0.1, -0.05) is 0 Å². The van der Waals surface area contributed by atoms with E-state index in [4.69, 9.17) is 5.11 Å². The van der Waals surface area contributed by atoms with Gasteiger partial charge in [-0.3, -0.25) is 0 Å². The number of halogens is 2. The normalized spacial score (nSPS) is 10.7. The summed E-state index contributed by atoms with van der Waals surface area (Å²) < 4.78 is 14.6. The lowest BCUT2D eigenvalue weighted by atomic mass is 10.3. The van der Waals surface area contributed by atoms with E-state index in [9.17, 15) is 9.18 Å². The van der Waals surface area contributed by atoms with Crippen molar-refractivity contribution in [1.29, 1.82) is 0 Å². The van der Waals surface area contributed by atoms with E-state index in [1.165, 1.54) is 12.3 Å². The predicted molar refractivity (Wildman–Crippen MR) is 50.8 cm³/mol. The number of pyridine rings is 1. The molecule has 0 unspecified atom stereocenters. The summed E-state index contributed by atoms with van der Waals surface area (Å²) in [7, 11) is 0.